The van der Waals surface area contributed by atoms with Crippen LogP contribution in [0.15, 0.2) is 52.9 Å². The Morgan fingerprint density at radius 3 is 2.61 bits per heavy atom. The minimum atomic E-state index is -0.798. The van der Waals surface area contributed by atoms with Crippen molar-refractivity contribution in [3.05, 3.63) is 70.1 Å². The molecule has 0 N–H and O–H groups in total. The third-order valence-corrected chi connectivity index (χ3v) is 3.80. The standard InChI is InChI=1S/C19H17N3O6/c1-12-7-9-14(10-8-12)19-21-20-18(28-19)13(2)27-17(23)11-26-16-6-4-3-5-15(16)22(24)25/h3-10,13H,11H2,1-2H3/t13-/m0/s1. The molecule has 0 radical (unpaired) electrons. The molecule has 0 aliphatic rings. The smallest absolute Gasteiger partial charge is 0.344 e. The van der Waals surface area contributed by atoms with Gasteiger partial charge in [0, 0.05) is 11.6 Å². The van der Waals surface area contributed by atoms with Crippen molar-refractivity contribution in [2.24, 2.45) is 0 Å². The van der Waals surface area contributed by atoms with E-state index in [-0.39, 0.29) is 17.3 Å². The zero-order valence-electron chi connectivity index (χ0n) is 15.2. The van der Waals surface area contributed by atoms with E-state index in [4.69, 9.17) is 13.9 Å². The van der Waals surface area contributed by atoms with Gasteiger partial charge in [0.25, 0.3) is 5.89 Å². The fraction of sp³-hybridized carbons (Fsp3) is 0.211. The molecular formula is C19H17N3O6. The van der Waals surface area contributed by atoms with Crippen LogP contribution in [0.3, 0.4) is 0 Å². The molecule has 1 atom stereocenters. The number of carbonyl (C=O) groups is 1. The summed E-state index contributed by atoms with van der Waals surface area (Å²) in [6.07, 6.45) is -0.798. The second kappa shape index (κ2) is 8.30. The van der Waals surface area contributed by atoms with Crippen molar-refractivity contribution < 1.29 is 23.6 Å². The van der Waals surface area contributed by atoms with Gasteiger partial charge in [0.1, 0.15) is 0 Å². The quantitative estimate of drug-likeness (QED) is 0.345. The third kappa shape index (κ3) is 4.50. The maximum Gasteiger partial charge on any atom is 0.344 e. The number of carbonyl (C=O) groups excluding carboxylic acids is 1. The van der Waals surface area contributed by atoms with Crippen molar-refractivity contribution in [3.63, 3.8) is 0 Å². The van der Waals surface area contributed by atoms with Crippen molar-refractivity contribution in [3.8, 4) is 17.2 Å². The predicted octanol–water partition coefficient (Wildman–Crippen LogP) is 3.64. The van der Waals surface area contributed by atoms with Crippen LogP contribution in [0.25, 0.3) is 11.5 Å². The number of nitro groups is 1. The highest BCUT2D eigenvalue weighted by Gasteiger charge is 2.21. The predicted molar refractivity (Wildman–Crippen MR) is 97.6 cm³/mol. The van der Waals surface area contributed by atoms with Gasteiger partial charge in [-0.2, -0.15) is 0 Å². The van der Waals surface area contributed by atoms with Crippen LogP contribution in [0.2, 0.25) is 0 Å². The number of para-hydroxylation sites is 2. The number of esters is 1. The summed E-state index contributed by atoms with van der Waals surface area (Å²) in [5.41, 5.74) is 1.62. The van der Waals surface area contributed by atoms with Crippen LogP contribution in [-0.2, 0) is 9.53 Å². The fourth-order valence-corrected chi connectivity index (χ4v) is 2.36. The second-order valence-corrected chi connectivity index (χ2v) is 5.96. The number of benzene rings is 2. The molecule has 1 heterocycles. The van der Waals surface area contributed by atoms with E-state index in [1.165, 1.54) is 18.2 Å². The van der Waals surface area contributed by atoms with Gasteiger partial charge in [0.15, 0.2) is 18.5 Å². The second-order valence-electron chi connectivity index (χ2n) is 5.96. The third-order valence-electron chi connectivity index (χ3n) is 3.80. The molecule has 0 amide bonds. The van der Waals surface area contributed by atoms with Gasteiger partial charge in [-0.3, -0.25) is 10.1 Å². The summed E-state index contributed by atoms with van der Waals surface area (Å²) < 4.78 is 16.0. The lowest BCUT2D eigenvalue weighted by Crippen LogP contribution is -2.17. The summed E-state index contributed by atoms with van der Waals surface area (Å²) in [4.78, 5) is 22.3. The molecule has 1 aromatic heterocycles. The summed E-state index contributed by atoms with van der Waals surface area (Å²) in [6, 6.07) is 13.3. The van der Waals surface area contributed by atoms with Gasteiger partial charge in [-0.05, 0) is 32.0 Å². The van der Waals surface area contributed by atoms with Gasteiger partial charge in [-0.25, -0.2) is 4.79 Å². The molecule has 0 saturated heterocycles. The first-order valence-corrected chi connectivity index (χ1v) is 8.40. The average Bonchev–Trinajstić information content (AvgIpc) is 3.17. The van der Waals surface area contributed by atoms with Crippen molar-refractivity contribution in [1.82, 2.24) is 10.2 Å². The Morgan fingerprint density at radius 2 is 1.89 bits per heavy atom. The maximum absolute atomic E-state index is 12.0. The number of rotatable bonds is 7. The van der Waals surface area contributed by atoms with E-state index in [1.54, 1.807) is 13.0 Å². The van der Waals surface area contributed by atoms with Gasteiger partial charge in [-0.1, -0.05) is 29.8 Å². The van der Waals surface area contributed by atoms with Gasteiger partial charge >= 0.3 is 11.7 Å². The Morgan fingerprint density at radius 1 is 1.18 bits per heavy atom. The molecule has 0 bridgehead atoms. The lowest BCUT2D eigenvalue weighted by molar-refractivity contribution is -0.385. The van der Waals surface area contributed by atoms with E-state index in [1.807, 2.05) is 31.2 Å². The van der Waals surface area contributed by atoms with Crippen molar-refractivity contribution in [1.29, 1.82) is 0 Å². The number of hydrogen-bond acceptors (Lipinski definition) is 8. The maximum atomic E-state index is 12.0. The molecule has 0 aliphatic carbocycles. The number of nitro benzene ring substituents is 1. The molecule has 28 heavy (non-hydrogen) atoms. The molecule has 3 aromatic rings. The molecule has 3 rings (SSSR count). The van der Waals surface area contributed by atoms with E-state index >= 15 is 0 Å². The highest BCUT2D eigenvalue weighted by molar-refractivity contribution is 5.71. The fourth-order valence-electron chi connectivity index (χ4n) is 2.36. The monoisotopic (exact) mass is 383 g/mol. The van der Waals surface area contributed by atoms with Crippen molar-refractivity contribution in [2.45, 2.75) is 20.0 Å². The Hall–Kier alpha value is -3.75. The first-order chi connectivity index (χ1) is 13.4. The molecule has 0 aliphatic heterocycles. The summed E-state index contributed by atoms with van der Waals surface area (Å²) in [5, 5.41) is 18.8. The Balaban J connectivity index is 1.59. The highest BCUT2D eigenvalue weighted by Crippen LogP contribution is 2.26. The first kappa shape index (κ1) is 19.0. The zero-order valence-corrected chi connectivity index (χ0v) is 15.2. The number of nitrogens with zero attached hydrogens (tertiary/aromatic N) is 3. The number of ether oxygens (including phenoxy) is 2. The van der Waals surface area contributed by atoms with E-state index < -0.39 is 23.6 Å². The van der Waals surface area contributed by atoms with Crippen LogP contribution in [0.4, 0.5) is 5.69 Å². The van der Waals surface area contributed by atoms with Crippen LogP contribution in [0.5, 0.6) is 5.75 Å². The molecule has 144 valence electrons. The Bertz CT molecular complexity index is 983. The Labute approximate surface area is 160 Å². The topological polar surface area (TPSA) is 118 Å². The van der Waals surface area contributed by atoms with Crippen LogP contribution < -0.4 is 4.74 Å². The van der Waals surface area contributed by atoms with Gasteiger partial charge in [0.05, 0.1) is 4.92 Å². The van der Waals surface area contributed by atoms with Crippen LogP contribution in [0, 0.1) is 17.0 Å². The number of hydrogen-bond donors (Lipinski definition) is 0. The normalized spacial score (nSPS) is 11.6. The minimum absolute atomic E-state index is 0.0171. The molecule has 0 unspecified atom stereocenters. The SMILES string of the molecule is Cc1ccc(-c2nnc([C@H](C)OC(=O)COc3ccccc3[N+](=O)[O-])o2)cc1. The molecule has 2 aromatic carbocycles. The van der Waals surface area contributed by atoms with Crippen LogP contribution >= 0.6 is 0 Å². The molecule has 9 heteroatoms. The van der Waals surface area contributed by atoms with Crippen molar-refractivity contribution in [2.75, 3.05) is 6.61 Å². The Kier molecular flexibility index (Phi) is 5.64. The summed E-state index contributed by atoms with van der Waals surface area (Å²) >= 11 is 0. The van der Waals surface area contributed by atoms with E-state index in [0.717, 1.165) is 11.1 Å². The minimum Gasteiger partial charge on any atom is -0.475 e. The van der Waals surface area contributed by atoms with Gasteiger partial charge in [0.2, 0.25) is 5.89 Å². The molecule has 0 fully saturated rings. The molecule has 9 nitrogen and oxygen atoms in total. The summed E-state index contributed by atoms with van der Waals surface area (Å²) in [5.74, 6) is -0.291. The summed E-state index contributed by atoms with van der Waals surface area (Å²) in [6.45, 7) is 3.06. The molecule has 0 saturated carbocycles. The average molecular weight is 383 g/mol. The van der Waals surface area contributed by atoms with Gasteiger partial charge in [-0.15, -0.1) is 10.2 Å². The highest BCUT2D eigenvalue weighted by atomic mass is 16.6. The lowest BCUT2D eigenvalue weighted by Gasteiger charge is -2.10. The number of aromatic nitrogens is 2. The first-order valence-electron chi connectivity index (χ1n) is 8.40. The zero-order chi connectivity index (χ0) is 20.1. The number of aryl methyl sites for hydroxylation is 1. The van der Waals surface area contributed by atoms with Gasteiger partial charge < -0.3 is 13.9 Å². The molecule has 0 spiro atoms. The van der Waals surface area contributed by atoms with Crippen molar-refractivity contribution >= 4 is 11.7 Å². The van der Waals surface area contributed by atoms with E-state index in [0.29, 0.717) is 5.89 Å². The van der Waals surface area contributed by atoms with E-state index in [9.17, 15) is 14.9 Å². The van der Waals surface area contributed by atoms with E-state index in [2.05, 4.69) is 10.2 Å². The van der Waals surface area contributed by atoms with Crippen LogP contribution in [0.1, 0.15) is 24.5 Å². The van der Waals surface area contributed by atoms with Crippen LogP contribution in [-0.4, -0.2) is 27.7 Å². The lowest BCUT2D eigenvalue weighted by atomic mass is 10.1. The molecular weight excluding hydrogens is 366 g/mol. The largest absolute Gasteiger partial charge is 0.475 e. The summed E-state index contributed by atoms with van der Waals surface area (Å²) in [7, 11) is 0.